The van der Waals surface area contributed by atoms with E-state index in [1.54, 1.807) is 42.5 Å². The second-order valence-electron chi connectivity index (χ2n) is 14.9. The quantitative estimate of drug-likeness (QED) is 0.0970. The molecule has 3 saturated carbocycles. The molecule has 6 N–H and O–H groups in total. The van der Waals surface area contributed by atoms with Gasteiger partial charge in [0.2, 0.25) is 17.7 Å². The molecular formula is C39H45N7O7. The van der Waals surface area contributed by atoms with E-state index in [9.17, 15) is 29.1 Å². The van der Waals surface area contributed by atoms with Crippen LogP contribution < -0.4 is 26.4 Å². The highest BCUT2D eigenvalue weighted by Crippen LogP contribution is 2.69. The molecule has 278 valence electrons. The van der Waals surface area contributed by atoms with Crippen LogP contribution >= 0.6 is 0 Å². The number of fused-ring (bicyclic) bond motifs is 1. The number of nitrogens with one attached hydrogen (secondary N) is 3. The summed E-state index contributed by atoms with van der Waals surface area (Å²) in [6, 6.07) is 12.7. The van der Waals surface area contributed by atoms with E-state index in [1.165, 1.54) is 0 Å². The summed E-state index contributed by atoms with van der Waals surface area (Å²) in [5.41, 5.74) is 8.27. The Kier molecular flexibility index (Phi) is 10.0. The molecule has 1 atom stereocenters. The minimum absolute atomic E-state index is 0.0701. The molecule has 4 fully saturated rings. The van der Waals surface area contributed by atoms with Crippen molar-refractivity contribution < 1.29 is 33.8 Å². The van der Waals surface area contributed by atoms with Gasteiger partial charge in [0, 0.05) is 42.2 Å². The zero-order chi connectivity index (χ0) is 37.2. The van der Waals surface area contributed by atoms with Gasteiger partial charge in [-0.25, -0.2) is 0 Å². The molecule has 5 aliphatic rings. The third-order valence-electron chi connectivity index (χ3n) is 11.0. The van der Waals surface area contributed by atoms with Crippen molar-refractivity contribution in [2.24, 2.45) is 5.41 Å². The van der Waals surface area contributed by atoms with Crippen LogP contribution in [0.25, 0.3) is 11.3 Å². The van der Waals surface area contributed by atoms with E-state index in [1.807, 2.05) is 6.07 Å². The average molecular weight is 724 g/mol. The van der Waals surface area contributed by atoms with Crippen LogP contribution in [-0.2, 0) is 14.4 Å². The Balaban J connectivity index is 0.746. The van der Waals surface area contributed by atoms with Crippen LogP contribution in [0.2, 0.25) is 0 Å². The number of nitrogens with two attached hydrogens (primary N) is 1. The number of nitrogen functional groups attached to an aromatic ring is 1. The van der Waals surface area contributed by atoms with Crippen LogP contribution in [0.15, 0.2) is 48.5 Å². The van der Waals surface area contributed by atoms with Gasteiger partial charge in [0.15, 0.2) is 11.6 Å². The fourth-order valence-electron chi connectivity index (χ4n) is 8.46. The number of nitrogens with zero attached hydrogens (tertiary/aromatic N) is 3. The number of phenolic OH excluding ortho intramolecular Hbond substituents is 1. The summed E-state index contributed by atoms with van der Waals surface area (Å²) >= 11 is 0. The average Bonchev–Trinajstić information content (AvgIpc) is 3.36. The van der Waals surface area contributed by atoms with Crippen molar-refractivity contribution in [3.63, 3.8) is 0 Å². The first-order valence-electron chi connectivity index (χ1n) is 18.5. The summed E-state index contributed by atoms with van der Waals surface area (Å²) in [6.45, 7) is 1.11. The first-order chi connectivity index (χ1) is 25.6. The van der Waals surface area contributed by atoms with Crippen molar-refractivity contribution >= 4 is 41.0 Å². The Hall–Kier alpha value is -5.53. The minimum Gasteiger partial charge on any atom is -0.507 e. The monoisotopic (exact) mass is 723 g/mol. The number of rotatable bonds is 17. The third kappa shape index (κ3) is 7.40. The van der Waals surface area contributed by atoms with Crippen molar-refractivity contribution in [2.75, 3.05) is 24.2 Å². The van der Waals surface area contributed by atoms with Gasteiger partial charge < -0.3 is 26.2 Å². The number of amides is 5. The van der Waals surface area contributed by atoms with Crippen LogP contribution in [0.1, 0.15) is 104 Å². The molecule has 14 heteroatoms. The number of anilines is 2. The largest absolute Gasteiger partial charge is 0.507 e. The Morgan fingerprint density at radius 1 is 0.943 bits per heavy atom. The number of hydrogen-bond donors (Lipinski definition) is 5. The van der Waals surface area contributed by atoms with E-state index in [0.717, 1.165) is 69.1 Å². The van der Waals surface area contributed by atoms with Crippen LogP contribution in [0.4, 0.5) is 11.5 Å². The summed E-state index contributed by atoms with van der Waals surface area (Å²) < 4.78 is 5.98. The van der Waals surface area contributed by atoms with E-state index in [-0.39, 0.29) is 52.4 Å². The molecule has 0 spiro atoms. The maximum atomic E-state index is 13.2. The fraction of sp³-hybridized carbons (Fsp3) is 0.462. The predicted molar refractivity (Wildman–Crippen MR) is 195 cm³/mol. The number of hydrogen-bond acceptors (Lipinski definition) is 11. The first kappa shape index (κ1) is 35.9. The molecular weight excluding hydrogens is 678 g/mol. The molecule has 3 aliphatic carbocycles. The molecule has 3 aromatic rings. The van der Waals surface area contributed by atoms with E-state index in [0.29, 0.717) is 42.3 Å². The number of unbranched alkanes of at least 4 members (excludes halogenated alkanes) is 5. The zero-order valence-electron chi connectivity index (χ0n) is 29.6. The van der Waals surface area contributed by atoms with E-state index >= 15 is 0 Å². The van der Waals surface area contributed by atoms with Crippen molar-refractivity contribution in [3.05, 3.63) is 59.7 Å². The number of para-hydroxylation sites is 1. The van der Waals surface area contributed by atoms with Gasteiger partial charge in [0.05, 0.1) is 17.7 Å². The number of carbonyl (C=O) groups excluding carboxylic acids is 5. The van der Waals surface area contributed by atoms with Crippen LogP contribution in [0.5, 0.6) is 11.5 Å². The standard InChI is InChI=1S/C39H45N7O7/c40-34-30(20-27(44-45-34)24-10-6-7-13-29(24)47)53-19-17-38-21-39(22-38,23-38)43-32(49)14-5-3-1-2-4-8-18-41-26-12-9-11-25-33(26)37(52)46(36(25)51)28-15-16-31(48)42-35(28)50/h6-7,9-13,20,28,41,47H,1-5,8,14-19,21-23H2,(H2,40,45)(H,43,49)(H,42,48,50). The lowest BCUT2D eigenvalue weighted by Gasteiger charge is -2.71. The Morgan fingerprint density at radius 2 is 1.68 bits per heavy atom. The second kappa shape index (κ2) is 14.8. The van der Waals surface area contributed by atoms with Crippen molar-refractivity contribution in [1.82, 2.24) is 25.7 Å². The number of piperidine rings is 1. The number of aromatic nitrogens is 2. The number of ether oxygens (including phenoxy) is 1. The SMILES string of the molecule is Nc1nnc(-c2ccccc2O)cc1OCCC12CC(NC(=O)CCCCCCCCNc3cccc4c3C(=O)N(C3CCC(=O)NC3=O)C4=O)(C1)C2. The molecule has 14 nitrogen and oxygen atoms in total. The summed E-state index contributed by atoms with van der Waals surface area (Å²) in [5, 5.41) is 27.0. The van der Waals surface area contributed by atoms with Crippen molar-refractivity contribution in [3.8, 4) is 22.8 Å². The maximum absolute atomic E-state index is 13.2. The molecule has 1 unspecified atom stereocenters. The molecule has 53 heavy (non-hydrogen) atoms. The molecule has 1 saturated heterocycles. The highest BCUT2D eigenvalue weighted by Gasteiger charge is 2.67. The van der Waals surface area contributed by atoms with Gasteiger partial charge in [-0.3, -0.25) is 34.2 Å². The van der Waals surface area contributed by atoms with Crippen LogP contribution in [0.3, 0.4) is 0 Å². The van der Waals surface area contributed by atoms with E-state index < -0.39 is 29.7 Å². The molecule has 1 aromatic heterocycles. The summed E-state index contributed by atoms with van der Waals surface area (Å²) in [5.74, 6) is -1.19. The van der Waals surface area contributed by atoms with Crippen LogP contribution in [0, 0.1) is 5.41 Å². The number of imide groups is 2. The molecule has 8 rings (SSSR count). The summed E-state index contributed by atoms with van der Waals surface area (Å²) in [7, 11) is 0. The van der Waals surface area contributed by atoms with Gasteiger partial charge in [-0.15, -0.1) is 10.2 Å². The lowest BCUT2D eigenvalue weighted by Crippen LogP contribution is -2.74. The Bertz CT molecular complexity index is 1930. The van der Waals surface area contributed by atoms with Gasteiger partial charge in [0.25, 0.3) is 11.8 Å². The summed E-state index contributed by atoms with van der Waals surface area (Å²) in [4.78, 5) is 63.9. The van der Waals surface area contributed by atoms with Gasteiger partial charge in [0.1, 0.15) is 17.5 Å². The molecule has 2 aliphatic heterocycles. The Morgan fingerprint density at radius 3 is 2.45 bits per heavy atom. The van der Waals surface area contributed by atoms with E-state index in [2.05, 4.69) is 26.1 Å². The lowest BCUT2D eigenvalue weighted by atomic mass is 9.38. The van der Waals surface area contributed by atoms with Gasteiger partial charge >= 0.3 is 0 Å². The molecule has 2 aromatic carbocycles. The van der Waals surface area contributed by atoms with Crippen molar-refractivity contribution in [1.29, 1.82) is 0 Å². The molecule has 0 radical (unpaired) electrons. The van der Waals surface area contributed by atoms with Gasteiger partial charge in [-0.2, -0.15) is 0 Å². The van der Waals surface area contributed by atoms with Gasteiger partial charge in [-0.05, 0) is 74.6 Å². The van der Waals surface area contributed by atoms with Crippen LogP contribution in [-0.4, -0.2) is 74.5 Å². The topological polar surface area (TPSA) is 206 Å². The third-order valence-corrected chi connectivity index (χ3v) is 11.0. The second-order valence-corrected chi connectivity index (χ2v) is 14.9. The molecule has 5 amide bonds. The predicted octanol–water partition coefficient (Wildman–Crippen LogP) is 4.48. The lowest BCUT2D eigenvalue weighted by molar-refractivity contribution is -0.171. The number of phenols is 1. The van der Waals surface area contributed by atoms with Gasteiger partial charge in [-0.1, -0.05) is 43.9 Å². The fourth-order valence-corrected chi connectivity index (χ4v) is 8.46. The molecule has 3 heterocycles. The Labute approximate surface area is 307 Å². The van der Waals surface area contributed by atoms with Crippen molar-refractivity contribution in [2.45, 2.75) is 95.1 Å². The highest BCUT2D eigenvalue weighted by molar-refractivity contribution is 6.25. The smallest absolute Gasteiger partial charge is 0.264 e. The normalized spacial score (nSPS) is 22.8. The van der Waals surface area contributed by atoms with E-state index in [4.69, 9.17) is 10.5 Å². The zero-order valence-corrected chi connectivity index (χ0v) is 29.6. The highest BCUT2D eigenvalue weighted by atomic mass is 16.5. The molecule has 2 bridgehead atoms. The number of aromatic hydroxyl groups is 1. The maximum Gasteiger partial charge on any atom is 0.264 e. The number of carbonyl (C=O) groups is 5. The number of benzene rings is 2. The first-order valence-corrected chi connectivity index (χ1v) is 18.5. The minimum atomic E-state index is -0.988. The summed E-state index contributed by atoms with van der Waals surface area (Å²) in [6.07, 6.45) is 10.2.